The molecule has 12 heavy (non-hydrogen) atoms. The highest BCUT2D eigenvalue weighted by Gasteiger charge is 2.17. The Morgan fingerprint density at radius 1 is 1.33 bits per heavy atom. The van der Waals surface area contributed by atoms with Crippen LogP contribution in [-0.2, 0) is 9.59 Å². The Kier molecular flexibility index (Phi) is 3.89. The summed E-state index contributed by atoms with van der Waals surface area (Å²) in [4.78, 5) is 21.6. The molecule has 0 bridgehead atoms. The molecule has 0 rings (SSSR count). The maximum atomic E-state index is 11.1. The van der Waals surface area contributed by atoms with E-state index in [9.17, 15) is 9.59 Å². The van der Waals surface area contributed by atoms with Crippen LogP contribution in [0.2, 0.25) is 0 Å². The van der Waals surface area contributed by atoms with Gasteiger partial charge in [-0.1, -0.05) is 0 Å². The predicted octanol–water partition coefficient (Wildman–Crippen LogP) is 0.0372. The quantitative estimate of drug-likeness (QED) is 0.465. The molecular formula is C8H16N2O2. The van der Waals surface area contributed by atoms with Gasteiger partial charge in [0, 0.05) is 0 Å². The molecule has 0 atom stereocenters. The van der Waals surface area contributed by atoms with Crippen LogP contribution in [0.25, 0.3) is 0 Å². The van der Waals surface area contributed by atoms with E-state index in [4.69, 9.17) is 0 Å². The van der Waals surface area contributed by atoms with E-state index in [1.807, 2.05) is 13.8 Å². The predicted molar refractivity (Wildman–Crippen MR) is 46.6 cm³/mol. The van der Waals surface area contributed by atoms with E-state index >= 15 is 0 Å². The van der Waals surface area contributed by atoms with Crippen LogP contribution < -0.4 is 10.6 Å². The number of Topliss-reactive ketones (excluding diaryl/α,β-unsaturated/α-hetero) is 1. The van der Waals surface area contributed by atoms with Gasteiger partial charge in [-0.15, -0.1) is 0 Å². The second-order valence-corrected chi connectivity index (χ2v) is 3.30. The van der Waals surface area contributed by atoms with E-state index in [1.54, 1.807) is 7.05 Å². The lowest BCUT2D eigenvalue weighted by Crippen LogP contribution is -2.53. The van der Waals surface area contributed by atoms with Crippen molar-refractivity contribution < 1.29 is 9.59 Å². The number of hydrogen-bond donors (Lipinski definition) is 2. The lowest BCUT2D eigenvalue weighted by molar-refractivity contribution is -0.128. The van der Waals surface area contributed by atoms with Gasteiger partial charge in [0.25, 0.3) is 0 Å². The van der Waals surface area contributed by atoms with Crippen molar-refractivity contribution in [1.82, 2.24) is 10.6 Å². The molecule has 0 radical (unpaired) electrons. The van der Waals surface area contributed by atoms with Crippen LogP contribution in [0.4, 0.5) is 0 Å². The molecule has 0 spiro atoms. The standard InChI is InChI=1S/C8H16N2O2/c1-6(11)5-7(12)10-8(2,3)9-4/h9H,5H2,1-4H3,(H,10,12). The van der Waals surface area contributed by atoms with Gasteiger partial charge in [0.15, 0.2) is 0 Å². The Bertz CT molecular complexity index is 187. The first-order chi connectivity index (χ1) is 5.37. The third kappa shape index (κ3) is 4.85. The van der Waals surface area contributed by atoms with E-state index in [-0.39, 0.29) is 18.1 Å². The van der Waals surface area contributed by atoms with Gasteiger partial charge >= 0.3 is 0 Å². The van der Waals surface area contributed by atoms with Crippen LogP contribution in [0.5, 0.6) is 0 Å². The molecular weight excluding hydrogens is 156 g/mol. The van der Waals surface area contributed by atoms with Gasteiger partial charge in [-0.2, -0.15) is 0 Å². The summed E-state index contributed by atoms with van der Waals surface area (Å²) in [5.74, 6) is -0.374. The first-order valence-corrected chi connectivity index (χ1v) is 3.87. The van der Waals surface area contributed by atoms with Gasteiger partial charge in [0.2, 0.25) is 5.91 Å². The van der Waals surface area contributed by atoms with Gasteiger partial charge in [-0.3, -0.25) is 14.9 Å². The van der Waals surface area contributed by atoms with Gasteiger partial charge in [-0.25, -0.2) is 0 Å². The van der Waals surface area contributed by atoms with Crippen LogP contribution in [-0.4, -0.2) is 24.4 Å². The molecule has 0 aliphatic heterocycles. The van der Waals surface area contributed by atoms with Crippen molar-refractivity contribution >= 4 is 11.7 Å². The van der Waals surface area contributed by atoms with Crippen LogP contribution in [0.1, 0.15) is 27.2 Å². The van der Waals surface area contributed by atoms with Crippen molar-refractivity contribution in [3.8, 4) is 0 Å². The first kappa shape index (κ1) is 11.1. The van der Waals surface area contributed by atoms with E-state index in [1.165, 1.54) is 6.92 Å². The smallest absolute Gasteiger partial charge is 0.228 e. The molecule has 0 aliphatic carbocycles. The number of rotatable bonds is 4. The van der Waals surface area contributed by atoms with Gasteiger partial charge < -0.3 is 5.32 Å². The van der Waals surface area contributed by atoms with Gasteiger partial charge in [0.1, 0.15) is 5.78 Å². The number of carbonyl (C=O) groups excluding carboxylic acids is 2. The fourth-order valence-corrected chi connectivity index (χ4v) is 0.681. The van der Waals surface area contributed by atoms with Gasteiger partial charge in [0.05, 0.1) is 12.1 Å². The normalized spacial score (nSPS) is 11.0. The Morgan fingerprint density at radius 3 is 2.17 bits per heavy atom. The van der Waals surface area contributed by atoms with Crippen molar-refractivity contribution in [2.24, 2.45) is 0 Å². The highest BCUT2D eigenvalue weighted by atomic mass is 16.2. The maximum absolute atomic E-state index is 11.1. The van der Waals surface area contributed by atoms with Crippen molar-refractivity contribution in [3.63, 3.8) is 0 Å². The Morgan fingerprint density at radius 2 is 1.83 bits per heavy atom. The summed E-state index contributed by atoms with van der Waals surface area (Å²) in [6.45, 7) is 5.04. The molecule has 0 unspecified atom stereocenters. The number of ketones is 1. The summed E-state index contributed by atoms with van der Waals surface area (Å²) in [6.07, 6.45) is -0.0505. The monoisotopic (exact) mass is 172 g/mol. The van der Waals surface area contributed by atoms with E-state index < -0.39 is 5.66 Å². The van der Waals surface area contributed by atoms with Crippen molar-refractivity contribution in [2.45, 2.75) is 32.9 Å². The molecule has 0 aliphatic rings. The lowest BCUT2D eigenvalue weighted by Gasteiger charge is -2.25. The lowest BCUT2D eigenvalue weighted by atomic mass is 10.2. The molecule has 0 heterocycles. The largest absolute Gasteiger partial charge is 0.338 e. The fraction of sp³-hybridized carbons (Fsp3) is 0.750. The number of carbonyl (C=O) groups is 2. The number of amides is 1. The van der Waals surface area contributed by atoms with E-state index in [0.29, 0.717) is 0 Å². The van der Waals surface area contributed by atoms with Crippen molar-refractivity contribution in [2.75, 3.05) is 7.05 Å². The zero-order valence-corrected chi connectivity index (χ0v) is 8.02. The van der Waals surface area contributed by atoms with Crippen LogP contribution in [0.3, 0.4) is 0 Å². The molecule has 0 aromatic rings. The van der Waals surface area contributed by atoms with E-state index in [0.717, 1.165) is 0 Å². The topological polar surface area (TPSA) is 58.2 Å². The first-order valence-electron chi connectivity index (χ1n) is 3.87. The minimum atomic E-state index is -0.452. The SMILES string of the molecule is CNC(C)(C)NC(=O)CC(C)=O. The minimum absolute atomic E-state index is 0.0505. The molecule has 4 nitrogen and oxygen atoms in total. The molecule has 0 fully saturated rings. The van der Waals surface area contributed by atoms with E-state index in [2.05, 4.69) is 10.6 Å². The molecule has 0 aromatic heterocycles. The fourth-order valence-electron chi connectivity index (χ4n) is 0.681. The molecule has 0 saturated heterocycles. The second kappa shape index (κ2) is 4.21. The summed E-state index contributed by atoms with van der Waals surface area (Å²) in [5.41, 5.74) is -0.452. The van der Waals surface area contributed by atoms with Crippen LogP contribution in [0, 0.1) is 0 Å². The summed E-state index contributed by atoms with van der Waals surface area (Å²) in [5, 5.41) is 5.57. The third-order valence-corrected chi connectivity index (χ3v) is 1.49. The Balaban J connectivity index is 3.92. The molecule has 0 aromatic carbocycles. The summed E-state index contributed by atoms with van der Waals surface area (Å²) in [6, 6.07) is 0. The van der Waals surface area contributed by atoms with Crippen molar-refractivity contribution in [1.29, 1.82) is 0 Å². The highest BCUT2D eigenvalue weighted by Crippen LogP contribution is 1.95. The second-order valence-electron chi connectivity index (χ2n) is 3.30. The Labute approximate surface area is 72.7 Å². The molecule has 0 saturated carbocycles. The minimum Gasteiger partial charge on any atom is -0.338 e. The molecule has 70 valence electrons. The molecule has 4 heteroatoms. The summed E-state index contributed by atoms with van der Waals surface area (Å²) in [7, 11) is 1.74. The zero-order valence-electron chi connectivity index (χ0n) is 8.02. The number of hydrogen-bond acceptors (Lipinski definition) is 3. The third-order valence-electron chi connectivity index (χ3n) is 1.49. The Hall–Kier alpha value is -0.900. The average Bonchev–Trinajstić information content (AvgIpc) is 1.84. The van der Waals surface area contributed by atoms with Gasteiger partial charge in [-0.05, 0) is 27.8 Å². The highest BCUT2D eigenvalue weighted by molar-refractivity contribution is 5.96. The van der Waals surface area contributed by atoms with Crippen LogP contribution in [0.15, 0.2) is 0 Å². The average molecular weight is 172 g/mol. The summed E-state index contributed by atoms with van der Waals surface area (Å²) >= 11 is 0. The molecule has 2 N–H and O–H groups in total. The zero-order chi connectivity index (χ0) is 9.78. The number of nitrogens with one attached hydrogen (secondary N) is 2. The van der Waals surface area contributed by atoms with Crippen molar-refractivity contribution in [3.05, 3.63) is 0 Å². The van der Waals surface area contributed by atoms with Crippen LogP contribution >= 0.6 is 0 Å². The summed E-state index contributed by atoms with van der Waals surface area (Å²) < 4.78 is 0. The maximum Gasteiger partial charge on any atom is 0.228 e. The molecule has 1 amide bonds.